The van der Waals surface area contributed by atoms with Crippen LogP contribution < -0.4 is 14.8 Å². The van der Waals surface area contributed by atoms with E-state index in [9.17, 15) is 4.79 Å². The summed E-state index contributed by atoms with van der Waals surface area (Å²) in [5, 5.41) is 7.14. The van der Waals surface area contributed by atoms with Crippen LogP contribution in [0, 0.1) is 5.92 Å². The molecule has 0 aliphatic carbocycles. The van der Waals surface area contributed by atoms with Crippen molar-refractivity contribution in [2.75, 3.05) is 27.3 Å². The second-order valence-electron chi connectivity index (χ2n) is 7.73. The zero-order valence-electron chi connectivity index (χ0n) is 18.3. The zero-order chi connectivity index (χ0) is 22.3. The second kappa shape index (κ2) is 10.2. The highest BCUT2D eigenvalue weighted by atomic mass is 16.5. The summed E-state index contributed by atoms with van der Waals surface area (Å²) >= 11 is 0. The number of amides is 1. The lowest BCUT2D eigenvalue weighted by Crippen LogP contribution is -2.42. The van der Waals surface area contributed by atoms with Gasteiger partial charge >= 0.3 is 0 Å². The van der Waals surface area contributed by atoms with Gasteiger partial charge in [-0.3, -0.25) is 14.7 Å². The van der Waals surface area contributed by atoms with E-state index in [-0.39, 0.29) is 11.8 Å². The minimum Gasteiger partial charge on any atom is -0.493 e. The molecule has 1 amide bonds. The van der Waals surface area contributed by atoms with Crippen molar-refractivity contribution in [3.05, 3.63) is 54.2 Å². The minimum absolute atomic E-state index is 0.0566. The van der Waals surface area contributed by atoms with Gasteiger partial charge in [-0.05, 0) is 55.3 Å². The van der Waals surface area contributed by atoms with Gasteiger partial charge in [0.25, 0.3) is 0 Å². The standard InChI is InChI=1S/C23H27N5O4/c1-30-19-6-5-17(12-20(19)31-2)22-26-21(32-27-22)15-28-11-3-4-18(14-28)23(29)25-13-16-7-9-24-10-8-16/h5-10,12,18H,3-4,11,13-15H2,1-2H3,(H,25,29). The molecule has 1 aromatic carbocycles. The van der Waals surface area contributed by atoms with Gasteiger partial charge in [-0.1, -0.05) is 5.16 Å². The van der Waals surface area contributed by atoms with Gasteiger partial charge in [-0.2, -0.15) is 4.98 Å². The van der Waals surface area contributed by atoms with Gasteiger partial charge in [0.1, 0.15) is 0 Å². The normalized spacial score (nSPS) is 16.5. The van der Waals surface area contributed by atoms with Crippen LogP contribution in [0.25, 0.3) is 11.4 Å². The first kappa shape index (κ1) is 21.8. The highest BCUT2D eigenvalue weighted by Gasteiger charge is 2.27. The maximum absolute atomic E-state index is 12.6. The van der Waals surface area contributed by atoms with E-state index in [1.807, 2.05) is 30.3 Å². The van der Waals surface area contributed by atoms with Crippen molar-refractivity contribution >= 4 is 5.91 Å². The van der Waals surface area contributed by atoms with Crippen molar-refractivity contribution in [3.8, 4) is 22.9 Å². The fourth-order valence-corrected chi connectivity index (χ4v) is 3.85. The third-order valence-corrected chi connectivity index (χ3v) is 5.56. The van der Waals surface area contributed by atoms with Gasteiger partial charge in [0.2, 0.25) is 17.6 Å². The molecule has 9 heteroatoms. The summed E-state index contributed by atoms with van der Waals surface area (Å²) < 4.78 is 16.1. The number of aromatic nitrogens is 3. The van der Waals surface area contributed by atoms with Crippen molar-refractivity contribution in [2.45, 2.75) is 25.9 Å². The number of hydrogen-bond acceptors (Lipinski definition) is 8. The Morgan fingerprint density at radius 1 is 1.19 bits per heavy atom. The molecule has 3 aromatic rings. The van der Waals surface area contributed by atoms with Crippen LogP contribution in [0.15, 0.2) is 47.2 Å². The quantitative estimate of drug-likeness (QED) is 0.574. The largest absolute Gasteiger partial charge is 0.493 e. The molecule has 1 fully saturated rings. The first-order chi connectivity index (χ1) is 15.7. The van der Waals surface area contributed by atoms with Crippen molar-refractivity contribution in [2.24, 2.45) is 5.92 Å². The van der Waals surface area contributed by atoms with Crippen molar-refractivity contribution < 1.29 is 18.8 Å². The number of hydrogen-bond donors (Lipinski definition) is 1. The third kappa shape index (κ3) is 5.23. The summed E-state index contributed by atoms with van der Waals surface area (Å²) in [5.41, 5.74) is 1.82. The Morgan fingerprint density at radius 2 is 2.00 bits per heavy atom. The predicted octanol–water partition coefficient (Wildman–Crippen LogP) is 2.68. The van der Waals surface area contributed by atoms with Crippen molar-refractivity contribution in [1.82, 2.24) is 25.3 Å². The molecule has 1 aliphatic rings. The molecule has 0 spiro atoms. The summed E-state index contributed by atoms with van der Waals surface area (Å²) in [6.07, 6.45) is 5.28. The molecule has 3 heterocycles. The number of carbonyl (C=O) groups is 1. The molecule has 1 saturated heterocycles. The Bertz CT molecular complexity index is 1040. The predicted molar refractivity (Wildman–Crippen MR) is 117 cm³/mol. The van der Waals surface area contributed by atoms with Gasteiger partial charge in [0, 0.05) is 31.0 Å². The Kier molecular flexibility index (Phi) is 6.96. The SMILES string of the molecule is COc1ccc(-c2noc(CN3CCCC(C(=O)NCc4ccncc4)C3)n2)cc1OC. The number of methoxy groups -OCH3 is 2. The number of piperidine rings is 1. The van der Waals surface area contributed by atoms with Gasteiger partial charge in [0.15, 0.2) is 11.5 Å². The second-order valence-corrected chi connectivity index (χ2v) is 7.73. The fraction of sp³-hybridized carbons (Fsp3) is 0.391. The van der Waals surface area contributed by atoms with E-state index in [0.29, 0.717) is 42.8 Å². The smallest absolute Gasteiger partial charge is 0.241 e. The number of nitrogens with one attached hydrogen (secondary N) is 1. The van der Waals surface area contributed by atoms with Crippen LogP contribution >= 0.6 is 0 Å². The van der Waals surface area contributed by atoms with E-state index in [2.05, 4.69) is 25.3 Å². The van der Waals surface area contributed by atoms with Gasteiger partial charge < -0.3 is 19.3 Å². The maximum atomic E-state index is 12.6. The topological polar surface area (TPSA) is 103 Å². The van der Waals surface area contributed by atoms with Crippen LogP contribution in [0.2, 0.25) is 0 Å². The van der Waals surface area contributed by atoms with Crippen LogP contribution in [0.5, 0.6) is 11.5 Å². The minimum atomic E-state index is -0.0566. The molecule has 4 rings (SSSR count). The number of likely N-dealkylation sites (tertiary alicyclic amines) is 1. The zero-order valence-corrected chi connectivity index (χ0v) is 18.3. The van der Waals surface area contributed by atoms with Crippen molar-refractivity contribution in [1.29, 1.82) is 0 Å². The average molecular weight is 438 g/mol. The molecule has 1 unspecified atom stereocenters. The van der Waals surface area contributed by atoms with E-state index in [0.717, 1.165) is 30.5 Å². The monoisotopic (exact) mass is 437 g/mol. The molecule has 1 N–H and O–H groups in total. The number of ether oxygens (including phenoxy) is 2. The molecule has 0 saturated carbocycles. The third-order valence-electron chi connectivity index (χ3n) is 5.56. The van der Waals surface area contributed by atoms with E-state index >= 15 is 0 Å². The molecular weight excluding hydrogens is 410 g/mol. The Labute approximate surface area is 186 Å². The molecule has 1 atom stereocenters. The molecule has 0 bridgehead atoms. The number of pyridine rings is 1. The van der Waals surface area contributed by atoms with E-state index in [1.165, 1.54) is 0 Å². The Morgan fingerprint density at radius 3 is 2.78 bits per heavy atom. The first-order valence-corrected chi connectivity index (χ1v) is 10.6. The number of benzene rings is 1. The number of nitrogens with zero attached hydrogens (tertiary/aromatic N) is 4. The van der Waals surface area contributed by atoms with Crippen molar-refractivity contribution in [3.63, 3.8) is 0 Å². The molecule has 2 aromatic heterocycles. The van der Waals surface area contributed by atoms with Crippen LogP contribution in [-0.4, -0.2) is 53.2 Å². The number of rotatable bonds is 8. The van der Waals surface area contributed by atoms with Crippen LogP contribution in [0.1, 0.15) is 24.3 Å². The Hall–Kier alpha value is -3.46. The lowest BCUT2D eigenvalue weighted by Gasteiger charge is -2.30. The van der Waals surface area contributed by atoms with Gasteiger partial charge in [0.05, 0.1) is 26.7 Å². The molecule has 168 valence electrons. The highest BCUT2D eigenvalue weighted by molar-refractivity contribution is 5.79. The van der Waals surface area contributed by atoms with Crippen LogP contribution in [-0.2, 0) is 17.9 Å². The summed E-state index contributed by atoms with van der Waals surface area (Å²) in [4.78, 5) is 23.4. The summed E-state index contributed by atoms with van der Waals surface area (Å²) in [7, 11) is 3.18. The summed E-state index contributed by atoms with van der Waals surface area (Å²) in [6, 6.07) is 9.29. The van der Waals surface area contributed by atoms with E-state index in [4.69, 9.17) is 14.0 Å². The molecule has 9 nitrogen and oxygen atoms in total. The fourth-order valence-electron chi connectivity index (χ4n) is 3.85. The van der Waals surface area contributed by atoms with E-state index < -0.39 is 0 Å². The van der Waals surface area contributed by atoms with E-state index in [1.54, 1.807) is 26.6 Å². The molecule has 1 aliphatic heterocycles. The lowest BCUT2D eigenvalue weighted by atomic mass is 9.97. The summed E-state index contributed by atoms with van der Waals surface area (Å²) in [5.74, 6) is 2.27. The average Bonchev–Trinajstić information content (AvgIpc) is 3.31. The van der Waals surface area contributed by atoms with Crippen LogP contribution in [0.3, 0.4) is 0 Å². The Balaban J connectivity index is 1.34. The number of carbonyl (C=O) groups excluding carboxylic acids is 1. The first-order valence-electron chi connectivity index (χ1n) is 10.6. The highest BCUT2D eigenvalue weighted by Crippen LogP contribution is 2.31. The molecular formula is C23H27N5O4. The lowest BCUT2D eigenvalue weighted by molar-refractivity contribution is -0.127. The van der Waals surface area contributed by atoms with Gasteiger partial charge in [-0.25, -0.2) is 0 Å². The van der Waals surface area contributed by atoms with Gasteiger partial charge in [-0.15, -0.1) is 0 Å². The maximum Gasteiger partial charge on any atom is 0.241 e. The molecule has 32 heavy (non-hydrogen) atoms. The molecule has 0 radical (unpaired) electrons. The summed E-state index contributed by atoms with van der Waals surface area (Å²) in [6.45, 7) is 2.57. The van der Waals surface area contributed by atoms with Crippen LogP contribution in [0.4, 0.5) is 0 Å².